The van der Waals surface area contributed by atoms with Gasteiger partial charge in [0, 0.05) is 36.9 Å². The van der Waals surface area contributed by atoms with E-state index in [1.54, 1.807) is 0 Å². The number of likely N-dealkylation sites (N-methyl/N-ethyl adjacent to an activating group) is 1. The fourth-order valence-electron chi connectivity index (χ4n) is 2.53. The molecule has 0 saturated carbocycles. The summed E-state index contributed by atoms with van der Waals surface area (Å²) in [6, 6.07) is 1.13. The van der Waals surface area contributed by atoms with Gasteiger partial charge >= 0.3 is 0 Å². The second-order valence-electron chi connectivity index (χ2n) is 4.61. The molecular formula is C12H26N2OS. The predicted molar refractivity (Wildman–Crippen MR) is 72.0 cm³/mol. The molecule has 96 valence electrons. The molecule has 3 unspecified atom stereocenters. The maximum absolute atomic E-state index is 5.94. The topological polar surface area (TPSA) is 38.5 Å². The Bertz CT molecular complexity index is 186. The fraction of sp³-hybridized carbons (Fsp3) is 1.00. The highest BCUT2D eigenvalue weighted by molar-refractivity contribution is 7.98. The predicted octanol–water partition coefficient (Wildman–Crippen LogP) is 1.42. The second-order valence-corrected chi connectivity index (χ2v) is 5.52. The molecule has 1 rings (SSSR count). The van der Waals surface area contributed by atoms with Gasteiger partial charge in [0.05, 0.1) is 6.61 Å². The van der Waals surface area contributed by atoms with Crippen molar-refractivity contribution in [2.45, 2.75) is 31.8 Å². The molecule has 1 saturated heterocycles. The summed E-state index contributed by atoms with van der Waals surface area (Å²) in [4.78, 5) is 2.48. The van der Waals surface area contributed by atoms with E-state index in [2.05, 4.69) is 25.1 Å². The molecule has 1 heterocycles. The van der Waals surface area contributed by atoms with Gasteiger partial charge in [-0.2, -0.15) is 11.8 Å². The lowest BCUT2D eigenvalue weighted by molar-refractivity contribution is 0.115. The van der Waals surface area contributed by atoms with E-state index in [0.29, 0.717) is 18.0 Å². The molecule has 1 aliphatic heterocycles. The van der Waals surface area contributed by atoms with Gasteiger partial charge in [-0.15, -0.1) is 0 Å². The average Bonchev–Trinajstić information content (AvgIpc) is 2.80. The summed E-state index contributed by atoms with van der Waals surface area (Å²) in [5.74, 6) is 1.82. The van der Waals surface area contributed by atoms with Gasteiger partial charge in [0.1, 0.15) is 0 Å². The number of nitrogens with zero attached hydrogens (tertiary/aromatic N) is 1. The smallest absolute Gasteiger partial charge is 0.0510 e. The quantitative estimate of drug-likeness (QED) is 0.737. The number of hydrogen-bond donors (Lipinski definition) is 1. The third-order valence-electron chi connectivity index (χ3n) is 3.68. The SMILES string of the molecule is CCC(CSC)N(C)C(CN)C1CCOC1. The van der Waals surface area contributed by atoms with Crippen LogP contribution in [-0.4, -0.2) is 55.8 Å². The summed E-state index contributed by atoms with van der Waals surface area (Å²) in [5.41, 5.74) is 5.94. The molecule has 0 aromatic rings. The highest BCUT2D eigenvalue weighted by atomic mass is 32.2. The van der Waals surface area contributed by atoms with E-state index in [1.807, 2.05) is 11.8 Å². The third-order valence-corrected chi connectivity index (χ3v) is 4.40. The lowest BCUT2D eigenvalue weighted by Gasteiger charge is -2.36. The van der Waals surface area contributed by atoms with Crippen LogP contribution < -0.4 is 5.73 Å². The van der Waals surface area contributed by atoms with Gasteiger partial charge in [0.2, 0.25) is 0 Å². The van der Waals surface area contributed by atoms with Crippen LogP contribution in [0.15, 0.2) is 0 Å². The minimum absolute atomic E-state index is 0.486. The summed E-state index contributed by atoms with van der Waals surface area (Å²) in [6.45, 7) is 4.81. The molecule has 0 amide bonds. The zero-order valence-corrected chi connectivity index (χ0v) is 11.6. The zero-order chi connectivity index (χ0) is 12.0. The summed E-state index contributed by atoms with van der Waals surface area (Å²) in [7, 11) is 2.22. The first-order valence-corrected chi connectivity index (χ1v) is 7.62. The molecule has 1 fully saturated rings. The van der Waals surface area contributed by atoms with Gasteiger partial charge in [-0.25, -0.2) is 0 Å². The lowest BCUT2D eigenvalue weighted by atomic mass is 9.96. The van der Waals surface area contributed by atoms with E-state index < -0.39 is 0 Å². The van der Waals surface area contributed by atoms with E-state index in [9.17, 15) is 0 Å². The molecule has 0 radical (unpaired) electrons. The molecule has 0 spiro atoms. The minimum atomic E-state index is 0.486. The van der Waals surface area contributed by atoms with E-state index in [-0.39, 0.29) is 0 Å². The monoisotopic (exact) mass is 246 g/mol. The van der Waals surface area contributed by atoms with Gasteiger partial charge in [0.15, 0.2) is 0 Å². The van der Waals surface area contributed by atoms with Crippen molar-refractivity contribution < 1.29 is 4.74 Å². The fourth-order valence-corrected chi connectivity index (χ4v) is 3.39. The van der Waals surface area contributed by atoms with Gasteiger partial charge < -0.3 is 10.5 Å². The molecule has 0 aliphatic carbocycles. The molecule has 3 atom stereocenters. The number of hydrogen-bond acceptors (Lipinski definition) is 4. The number of nitrogens with two attached hydrogens (primary N) is 1. The highest BCUT2D eigenvalue weighted by Gasteiger charge is 2.30. The van der Waals surface area contributed by atoms with Gasteiger partial charge in [-0.3, -0.25) is 4.90 Å². The van der Waals surface area contributed by atoms with E-state index in [0.717, 1.165) is 19.8 Å². The van der Waals surface area contributed by atoms with E-state index >= 15 is 0 Å². The molecule has 1 aliphatic rings. The summed E-state index contributed by atoms with van der Waals surface area (Å²) in [5, 5.41) is 0. The first-order chi connectivity index (χ1) is 7.74. The van der Waals surface area contributed by atoms with Crippen LogP contribution in [0.1, 0.15) is 19.8 Å². The molecule has 0 aromatic heterocycles. The van der Waals surface area contributed by atoms with Gasteiger partial charge in [-0.05, 0) is 26.1 Å². The Balaban J connectivity index is 2.55. The summed E-state index contributed by atoms with van der Waals surface area (Å²) < 4.78 is 5.48. The molecule has 3 nitrogen and oxygen atoms in total. The lowest BCUT2D eigenvalue weighted by Crippen LogP contribution is -2.49. The van der Waals surface area contributed by atoms with Crippen LogP contribution in [0.25, 0.3) is 0 Å². The largest absolute Gasteiger partial charge is 0.381 e. The van der Waals surface area contributed by atoms with Crippen molar-refractivity contribution in [3.8, 4) is 0 Å². The molecule has 0 bridgehead atoms. The van der Waals surface area contributed by atoms with E-state index in [1.165, 1.54) is 18.6 Å². The van der Waals surface area contributed by atoms with Crippen molar-refractivity contribution in [2.24, 2.45) is 11.7 Å². The number of ether oxygens (including phenoxy) is 1. The van der Waals surface area contributed by atoms with Crippen molar-refractivity contribution >= 4 is 11.8 Å². The van der Waals surface area contributed by atoms with Crippen LogP contribution in [0.5, 0.6) is 0 Å². The summed E-state index contributed by atoms with van der Waals surface area (Å²) >= 11 is 1.92. The molecule has 2 N–H and O–H groups in total. The minimum Gasteiger partial charge on any atom is -0.381 e. The average molecular weight is 246 g/mol. The standard InChI is InChI=1S/C12H26N2OS/c1-4-11(9-16-3)14(2)12(7-13)10-5-6-15-8-10/h10-12H,4-9,13H2,1-3H3. The third kappa shape index (κ3) is 3.62. The van der Waals surface area contributed by atoms with Crippen molar-refractivity contribution in [3.05, 3.63) is 0 Å². The van der Waals surface area contributed by atoms with Crippen LogP contribution >= 0.6 is 11.8 Å². The van der Waals surface area contributed by atoms with Crippen LogP contribution in [0, 0.1) is 5.92 Å². The maximum Gasteiger partial charge on any atom is 0.0510 e. The van der Waals surface area contributed by atoms with Crippen molar-refractivity contribution in [1.29, 1.82) is 0 Å². The van der Waals surface area contributed by atoms with Gasteiger partial charge in [-0.1, -0.05) is 6.92 Å². The molecule has 16 heavy (non-hydrogen) atoms. The normalized spacial score (nSPS) is 24.9. The Morgan fingerprint density at radius 3 is 2.75 bits per heavy atom. The molecule has 0 aromatic carbocycles. The zero-order valence-electron chi connectivity index (χ0n) is 10.8. The second kappa shape index (κ2) is 7.54. The van der Waals surface area contributed by atoms with Gasteiger partial charge in [0.25, 0.3) is 0 Å². The van der Waals surface area contributed by atoms with Crippen LogP contribution in [0.4, 0.5) is 0 Å². The van der Waals surface area contributed by atoms with Crippen molar-refractivity contribution in [3.63, 3.8) is 0 Å². The molecular weight excluding hydrogens is 220 g/mol. The Morgan fingerprint density at radius 1 is 1.56 bits per heavy atom. The Morgan fingerprint density at radius 2 is 2.31 bits per heavy atom. The Hall–Kier alpha value is 0.230. The Kier molecular flexibility index (Phi) is 6.73. The molecule has 4 heteroatoms. The highest BCUT2D eigenvalue weighted by Crippen LogP contribution is 2.22. The van der Waals surface area contributed by atoms with E-state index in [4.69, 9.17) is 10.5 Å². The number of thioether (sulfide) groups is 1. The van der Waals surface area contributed by atoms with Crippen LogP contribution in [-0.2, 0) is 4.74 Å². The van der Waals surface area contributed by atoms with Crippen molar-refractivity contribution in [1.82, 2.24) is 4.90 Å². The first-order valence-electron chi connectivity index (χ1n) is 6.23. The van der Waals surface area contributed by atoms with Crippen molar-refractivity contribution in [2.75, 3.05) is 38.8 Å². The Labute approximate surface area is 104 Å². The van der Waals surface area contributed by atoms with Crippen LogP contribution in [0.2, 0.25) is 0 Å². The summed E-state index contributed by atoms with van der Waals surface area (Å²) in [6.07, 6.45) is 4.54. The first kappa shape index (κ1) is 14.3. The number of rotatable bonds is 7. The maximum atomic E-state index is 5.94. The van der Waals surface area contributed by atoms with Crippen LogP contribution in [0.3, 0.4) is 0 Å².